The lowest BCUT2D eigenvalue weighted by Crippen LogP contribution is -2.34. The van der Waals surface area contributed by atoms with Gasteiger partial charge in [-0.2, -0.15) is 0 Å². The van der Waals surface area contributed by atoms with Crippen molar-refractivity contribution in [2.45, 2.75) is 33.2 Å². The molecule has 0 aromatic carbocycles. The average molecular weight is 178 g/mol. The van der Waals surface area contributed by atoms with Gasteiger partial charge in [-0.3, -0.25) is 0 Å². The van der Waals surface area contributed by atoms with Crippen molar-refractivity contribution in [1.82, 2.24) is 5.32 Å². The molecule has 1 aliphatic heterocycles. The van der Waals surface area contributed by atoms with Gasteiger partial charge in [0.2, 0.25) is 0 Å². The van der Waals surface area contributed by atoms with Crippen molar-refractivity contribution in [1.29, 1.82) is 0 Å². The molecule has 0 aromatic heterocycles. The van der Waals surface area contributed by atoms with Crippen molar-refractivity contribution < 1.29 is 0 Å². The normalized spacial score (nSPS) is 29.3. The van der Waals surface area contributed by atoms with Gasteiger partial charge in [0, 0.05) is 12.3 Å². The molecule has 2 unspecified atom stereocenters. The number of aliphatic imine (C=N–C) groups is 1. The van der Waals surface area contributed by atoms with Gasteiger partial charge in [0.1, 0.15) is 5.82 Å². The van der Waals surface area contributed by atoms with Crippen LogP contribution in [0.2, 0.25) is 0 Å². The molecule has 1 rings (SSSR count). The quantitative estimate of drug-likeness (QED) is 0.645. The Balaban J connectivity index is 2.53. The van der Waals surface area contributed by atoms with Crippen LogP contribution in [0, 0.1) is 5.92 Å². The zero-order valence-corrected chi connectivity index (χ0v) is 8.62. The molecule has 0 amide bonds. The van der Waals surface area contributed by atoms with Crippen molar-refractivity contribution in [3.63, 3.8) is 0 Å². The van der Waals surface area contributed by atoms with E-state index >= 15 is 0 Å². The Kier molecular flexibility index (Phi) is 3.74. The summed E-state index contributed by atoms with van der Waals surface area (Å²) < 4.78 is 0. The highest BCUT2D eigenvalue weighted by Gasteiger charge is 2.15. The highest BCUT2D eigenvalue weighted by molar-refractivity contribution is 5.71. The fourth-order valence-electron chi connectivity index (χ4n) is 1.24. The number of rotatable bonds is 2. The Morgan fingerprint density at radius 3 is 2.92 bits per heavy atom. The van der Waals surface area contributed by atoms with Crippen LogP contribution in [0.5, 0.6) is 0 Å². The molecular weight excluding hydrogens is 160 g/mol. The van der Waals surface area contributed by atoms with Gasteiger partial charge in [-0.25, -0.2) is 4.99 Å². The lowest BCUT2D eigenvalue weighted by Gasteiger charge is -2.25. The second kappa shape index (κ2) is 4.85. The maximum atomic E-state index is 4.30. The summed E-state index contributed by atoms with van der Waals surface area (Å²) in [6.07, 6.45) is 9.01. The predicted molar refractivity (Wildman–Crippen MR) is 57.8 cm³/mol. The second-order valence-corrected chi connectivity index (χ2v) is 3.54. The van der Waals surface area contributed by atoms with Gasteiger partial charge in [-0.05, 0) is 38.3 Å². The van der Waals surface area contributed by atoms with E-state index in [4.69, 9.17) is 0 Å². The summed E-state index contributed by atoms with van der Waals surface area (Å²) in [5, 5.41) is 3.35. The van der Waals surface area contributed by atoms with Crippen LogP contribution in [-0.4, -0.2) is 12.3 Å². The Morgan fingerprint density at radius 2 is 2.31 bits per heavy atom. The molecule has 0 bridgehead atoms. The molecule has 2 atom stereocenters. The zero-order valence-electron chi connectivity index (χ0n) is 8.62. The molecule has 0 saturated heterocycles. The van der Waals surface area contributed by atoms with Gasteiger partial charge in [0.15, 0.2) is 0 Å². The van der Waals surface area contributed by atoms with Gasteiger partial charge in [0.05, 0.1) is 0 Å². The maximum Gasteiger partial charge on any atom is 0.122 e. The van der Waals surface area contributed by atoms with Crippen LogP contribution >= 0.6 is 0 Å². The highest BCUT2D eigenvalue weighted by atomic mass is 15.1. The van der Waals surface area contributed by atoms with E-state index < -0.39 is 0 Å². The van der Waals surface area contributed by atoms with Crippen LogP contribution < -0.4 is 5.32 Å². The molecule has 0 saturated carbocycles. The maximum absolute atomic E-state index is 4.30. The van der Waals surface area contributed by atoms with Crippen LogP contribution in [0.1, 0.15) is 27.2 Å². The fraction of sp³-hybridized carbons (Fsp3) is 0.545. The molecular formula is C11H18N2. The third-order valence-corrected chi connectivity index (χ3v) is 2.40. The average Bonchev–Trinajstić information content (AvgIpc) is 2.12. The monoisotopic (exact) mass is 178 g/mol. The van der Waals surface area contributed by atoms with Gasteiger partial charge >= 0.3 is 0 Å². The molecule has 0 fully saturated rings. The summed E-state index contributed by atoms with van der Waals surface area (Å²) in [5.41, 5.74) is 0. The Bertz CT molecular complexity index is 238. The van der Waals surface area contributed by atoms with Crippen molar-refractivity contribution in [3.05, 3.63) is 24.0 Å². The molecule has 13 heavy (non-hydrogen) atoms. The molecule has 72 valence electrons. The lowest BCUT2D eigenvalue weighted by atomic mass is 9.97. The third kappa shape index (κ3) is 3.05. The number of hydrogen-bond acceptors (Lipinski definition) is 2. The minimum atomic E-state index is 0.530. The molecule has 0 radical (unpaired) electrons. The van der Waals surface area contributed by atoms with E-state index in [9.17, 15) is 0 Å². The number of hydrogen-bond donors (Lipinski definition) is 1. The molecule has 1 N–H and O–H groups in total. The largest absolute Gasteiger partial charge is 0.368 e. The number of nitrogens with one attached hydrogen (secondary N) is 1. The third-order valence-electron chi connectivity index (χ3n) is 2.40. The molecule has 0 aromatic rings. The van der Waals surface area contributed by atoms with Gasteiger partial charge in [0.25, 0.3) is 0 Å². The standard InChI is InChI=1S/C11H18N2/c1-4-5-8-12-11-7-6-9(2)10(3)13-11/h4-5,7-10,13H,6H2,1-3H3/b5-4-,12-8?. The predicted octanol–water partition coefficient (Wildman–Crippen LogP) is 2.49. The molecule has 0 aliphatic carbocycles. The summed E-state index contributed by atoms with van der Waals surface area (Å²) in [6, 6.07) is 0.530. The van der Waals surface area contributed by atoms with Crippen LogP contribution in [0.3, 0.4) is 0 Å². The molecule has 1 aliphatic rings. The van der Waals surface area contributed by atoms with Crippen LogP contribution in [-0.2, 0) is 0 Å². The molecule has 2 nitrogen and oxygen atoms in total. The molecule has 0 spiro atoms. The van der Waals surface area contributed by atoms with E-state index in [1.54, 1.807) is 0 Å². The van der Waals surface area contributed by atoms with Gasteiger partial charge < -0.3 is 5.32 Å². The van der Waals surface area contributed by atoms with Gasteiger partial charge in [-0.1, -0.05) is 13.0 Å². The number of allylic oxidation sites excluding steroid dienone is 3. The fourth-order valence-corrected chi connectivity index (χ4v) is 1.24. The first-order chi connectivity index (χ1) is 6.24. The smallest absolute Gasteiger partial charge is 0.122 e. The summed E-state index contributed by atoms with van der Waals surface area (Å²) in [5.74, 6) is 1.71. The van der Waals surface area contributed by atoms with Crippen LogP contribution in [0.25, 0.3) is 0 Å². The second-order valence-electron chi connectivity index (χ2n) is 3.54. The van der Waals surface area contributed by atoms with E-state index in [1.165, 1.54) is 0 Å². The van der Waals surface area contributed by atoms with Crippen LogP contribution in [0.4, 0.5) is 0 Å². The topological polar surface area (TPSA) is 24.4 Å². The lowest BCUT2D eigenvalue weighted by molar-refractivity contribution is 0.407. The Morgan fingerprint density at radius 1 is 1.54 bits per heavy atom. The first-order valence-electron chi connectivity index (χ1n) is 4.86. The van der Waals surface area contributed by atoms with E-state index in [2.05, 4.69) is 30.2 Å². The molecule has 1 heterocycles. The summed E-state index contributed by atoms with van der Waals surface area (Å²) in [6.45, 7) is 6.43. The summed E-state index contributed by atoms with van der Waals surface area (Å²) >= 11 is 0. The van der Waals surface area contributed by atoms with E-state index in [1.807, 2.05) is 25.3 Å². The van der Waals surface area contributed by atoms with Gasteiger partial charge in [-0.15, -0.1) is 0 Å². The summed E-state index contributed by atoms with van der Waals surface area (Å²) in [4.78, 5) is 4.30. The highest BCUT2D eigenvalue weighted by Crippen LogP contribution is 2.16. The number of nitrogens with zero attached hydrogens (tertiary/aromatic N) is 1. The summed E-state index contributed by atoms with van der Waals surface area (Å²) in [7, 11) is 0. The van der Waals surface area contributed by atoms with Crippen LogP contribution in [0.15, 0.2) is 29.0 Å². The SMILES string of the molecule is C/C=C\C=NC1=CCC(C)C(C)N1. The minimum Gasteiger partial charge on any atom is -0.368 e. The Labute approximate surface area is 80.4 Å². The van der Waals surface area contributed by atoms with E-state index in [-0.39, 0.29) is 0 Å². The van der Waals surface area contributed by atoms with Crippen molar-refractivity contribution >= 4 is 6.21 Å². The van der Waals surface area contributed by atoms with Crippen molar-refractivity contribution in [3.8, 4) is 0 Å². The molecule has 2 heteroatoms. The van der Waals surface area contributed by atoms with E-state index in [0.717, 1.165) is 12.2 Å². The first-order valence-corrected chi connectivity index (χ1v) is 4.86. The Hall–Kier alpha value is -1.05. The first kappa shape index (κ1) is 10.0. The van der Waals surface area contributed by atoms with Crippen molar-refractivity contribution in [2.75, 3.05) is 0 Å². The van der Waals surface area contributed by atoms with Crippen molar-refractivity contribution in [2.24, 2.45) is 10.9 Å². The zero-order chi connectivity index (χ0) is 9.68. The minimum absolute atomic E-state index is 0.530. The van der Waals surface area contributed by atoms with E-state index in [0.29, 0.717) is 12.0 Å².